The Morgan fingerprint density at radius 3 is 2.75 bits per heavy atom. The smallest absolute Gasteiger partial charge is 0.0133 e. The van der Waals surface area contributed by atoms with E-state index in [2.05, 4.69) is 24.6 Å². The lowest BCUT2D eigenvalue weighted by molar-refractivity contribution is 0.334. The second-order valence-corrected chi connectivity index (χ2v) is 3.48. The first-order chi connectivity index (χ1) is 5.88. The zero-order chi connectivity index (χ0) is 8.81. The first kappa shape index (κ1) is 9.53. The average Bonchev–Trinajstić information content (AvgIpc) is 2.15. The Balaban J connectivity index is 2.39. The van der Waals surface area contributed by atoms with E-state index in [-0.39, 0.29) is 0 Å². The second-order valence-electron chi connectivity index (χ2n) is 3.48. The van der Waals surface area contributed by atoms with Crippen LogP contribution < -0.4 is 5.32 Å². The number of rotatable bonds is 4. The maximum Gasteiger partial charge on any atom is 0.0133 e. The van der Waals surface area contributed by atoms with Gasteiger partial charge in [-0.05, 0) is 31.7 Å². The van der Waals surface area contributed by atoms with Crippen molar-refractivity contribution < 1.29 is 0 Å². The van der Waals surface area contributed by atoms with E-state index in [1.54, 1.807) is 0 Å². The summed E-state index contributed by atoms with van der Waals surface area (Å²) in [6.45, 7) is 8.81. The molecule has 0 spiro atoms. The van der Waals surface area contributed by atoms with Crippen molar-refractivity contribution in [1.29, 1.82) is 0 Å². The molecule has 1 heterocycles. The maximum atomic E-state index is 3.87. The number of hydrogen-bond donors (Lipinski definition) is 1. The van der Waals surface area contributed by atoms with Crippen LogP contribution in [0.2, 0.25) is 0 Å². The molecule has 1 rings (SSSR count). The molecular formula is C11H19N. The highest BCUT2D eigenvalue weighted by atomic mass is 14.9. The largest absolute Gasteiger partial charge is 0.313 e. The Morgan fingerprint density at radius 1 is 1.42 bits per heavy atom. The third-order valence-corrected chi connectivity index (χ3v) is 2.61. The first-order valence-electron chi connectivity index (χ1n) is 4.85. The summed E-state index contributed by atoms with van der Waals surface area (Å²) in [6, 6.07) is 0.647. The SMILES string of the molecule is C=CCC(C=C)C1CCCCN1. The number of hydrogen-bond acceptors (Lipinski definition) is 1. The van der Waals surface area contributed by atoms with Crippen LogP contribution in [0, 0.1) is 5.92 Å². The van der Waals surface area contributed by atoms with Gasteiger partial charge < -0.3 is 5.32 Å². The predicted molar refractivity (Wildman–Crippen MR) is 54.1 cm³/mol. The van der Waals surface area contributed by atoms with Gasteiger partial charge in [0.2, 0.25) is 0 Å². The summed E-state index contributed by atoms with van der Waals surface area (Å²) >= 11 is 0. The van der Waals surface area contributed by atoms with Gasteiger partial charge in [-0.15, -0.1) is 13.2 Å². The van der Waals surface area contributed by atoms with Crippen molar-refractivity contribution in [3.8, 4) is 0 Å². The third-order valence-electron chi connectivity index (χ3n) is 2.61. The molecule has 0 aromatic rings. The summed E-state index contributed by atoms with van der Waals surface area (Å²) in [6.07, 6.45) is 9.09. The molecule has 0 amide bonds. The van der Waals surface area contributed by atoms with Gasteiger partial charge in [0.15, 0.2) is 0 Å². The molecule has 1 aliphatic rings. The van der Waals surface area contributed by atoms with Crippen molar-refractivity contribution in [3.05, 3.63) is 25.3 Å². The van der Waals surface area contributed by atoms with Crippen LogP contribution >= 0.6 is 0 Å². The predicted octanol–water partition coefficient (Wildman–Crippen LogP) is 2.51. The molecule has 1 heteroatoms. The van der Waals surface area contributed by atoms with E-state index in [9.17, 15) is 0 Å². The minimum Gasteiger partial charge on any atom is -0.313 e. The Morgan fingerprint density at radius 2 is 2.25 bits per heavy atom. The van der Waals surface area contributed by atoms with Gasteiger partial charge in [0.1, 0.15) is 0 Å². The molecule has 0 radical (unpaired) electrons. The second kappa shape index (κ2) is 5.15. The highest BCUT2D eigenvalue weighted by Crippen LogP contribution is 2.19. The quantitative estimate of drug-likeness (QED) is 0.631. The molecule has 0 aromatic heterocycles. The van der Waals surface area contributed by atoms with Crippen LogP contribution in [-0.4, -0.2) is 12.6 Å². The molecule has 0 bridgehead atoms. The van der Waals surface area contributed by atoms with E-state index in [0.29, 0.717) is 12.0 Å². The van der Waals surface area contributed by atoms with Crippen LogP contribution in [0.1, 0.15) is 25.7 Å². The molecule has 1 nitrogen and oxygen atoms in total. The molecule has 2 atom stereocenters. The van der Waals surface area contributed by atoms with Crippen LogP contribution in [0.3, 0.4) is 0 Å². The number of piperidine rings is 1. The molecule has 1 N–H and O–H groups in total. The fourth-order valence-corrected chi connectivity index (χ4v) is 1.86. The number of nitrogens with one attached hydrogen (secondary N) is 1. The Labute approximate surface area is 75.6 Å². The van der Waals surface area contributed by atoms with Crippen LogP contribution in [0.5, 0.6) is 0 Å². The van der Waals surface area contributed by atoms with E-state index < -0.39 is 0 Å². The topological polar surface area (TPSA) is 12.0 Å². The Kier molecular flexibility index (Phi) is 4.09. The zero-order valence-corrected chi connectivity index (χ0v) is 7.76. The molecule has 0 saturated carbocycles. The standard InChI is InChI=1S/C11H19N/c1-3-7-10(4-2)11-8-5-6-9-12-11/h3-4,10-12H,1-2,5-9H2. The lowest BCUT2D eigenvalue weighted by Gasteiger charge is -2.28. The van der Waals surface area contributed by atoms with Gasteiger partial charge in [-0.25, -0.2) is 0 Å². The lowest BCUT2D eigenvalue weighted by Crippen LogP contribution is -2.39. The summed E-state index contributed by atoms with van der Waals surface area (Å²) in [7, 11) is 0. The van der Waals surface area contributed by atoms with E-state index in [0.717, 1.165) is 6.42 Å². The minimum atomic E-state index is 0.586. The van der Waals surface area contributed by atoms with Crippen molar-refractivity contribution in [1.82, 2.24) is 5.32 Å². The van der Waals surface area contributed by atoms with Gasteiger partial charge in [0.05, 0.1) is 0 Å². The maximum absolute atomic E-state index is 3.87. The summed E-state index contributed by atoms with van der Waals surface area (Å²) in [5.74, 6) is 0.586. The van der Waals surface area contributed by atoms with E-state index in [1.807, 2.05) is 6.08 Å². The summed E-state index contributed by atoms with van der Waals surface area (Å²) in [5.41, 5.74) is 0. The fourth-order valence-electron chi connectivity index (χ4n) is 1.86. The summed E-state index contributed by atoms with van der Waals surface area (Å²) in [4.78, 5) is 0. The molecular weight excluding hydrogens is 146 g/mol. The van der Waals surface area contributed by atoms with Gasteiger partial charge in [0, 0.05) is 6.04 Å². The third kappa shape index (κ3) is 2.49. The first-order valence-corrected chi connectivity index (χ1v) is 4.85. The van der Waals surface area contributed by atoms with Crippen LogP contribution in [0.15, 0.2) is 25.3 Å². The van der Waals surface area contributed by atoms with Gasteiger partial charge >= 0.3 is 0 Å². The molecule has 0 aliphatic carbocycles. The van der Waals surface area contributed by atoms with Gasteiger partial charge in [-0.2, -0.15) is 0 Å². The summed E-state index contributed by atoms with van der Waals surface area (Å²) < 4.78 is 0. The van der Waals surface area contributed by atoms with Crippen molar-refractivity contribution >= 4 is 0 Å². The Bertz CT molecular complexity index is 145. The molecule has 1 aliphatic heterocycles. The van der Waals surface area contributed by atoms with E-state index in [1.165, 1.54) is 25.8 Å². The number of allylic oxidation sites excluding steroid dienone is 1. The molecule has 1 saturated heterocycles. The highest BCUT2D eigenvalue weighted by Gasteiger charge is 2.18. The van der Waals surface area contributed by atoms with Crippen molar-refractivity contribution in [3.63, 3.8) is 0 Å². The lowest BCUT2D eigenvalue weighted by atomic mass is 9.90. The summed E-state index contributed by atoms with van der Waals surface area (Å²) in [5, 5.41) is 3.54. The normalized spacial score (nSPS) is 26.2. The highest BCUT2D eigenvalue weighted by molar-refractivity contribution is 4.93. The van der Waals surface area contributed by atoms with Crippen molar-refractivity contribution in [2.24, 2.45) is 5.92 Å². The van der Waals surface area contributed by atoms with E-state index >= 15 is 0 Å². The Hall–Kier alpha value is -0.560. The van der Waals surface area contributed by atoms with Crippen LogP contribution in [0.25, 0.3) is 0 Å². The average molecular weight is 165 g/mol. The van der Waals surface area contributed by atoms with Crippen molar-refractivity contribution in [2.75, 3.05) is 6.54 Å². The molecule has 1 fully saturated rings. The molecule has 2 unspecified atom stereocenters. The molecule has 68 valence electrons. The van der Waals surface area contributed by atoms with Gasteiger partial charge in [-0.1, -0.05) is 18.6 Å². The molecule has 12 heavy (non-hydrogen) atoms. The zero-order valence-electron chi connectivity index (χ0n) is 7.76. The van der Waals surface area contributed by atoms with Crippen LogP contribution in [-0.2, 0) is 0 Å². The molecule has 0 aromatic carbocycles. The van der Waals surface area contributed by atoms with Gasteiger partial charge in [0.25, 0.3) is 0 Å². The van der Waals surface area contributed by atoms with Crippen molar-refractivity contribution in [2.45, 2.75) is 31.7 Å². The monoisotopic (exact) mass is 165 g/mol. The van der Waals surface area contributed by atoms with E-state index in [4.69, 9.17) is 0 Å². The fraction of sp³-hybridized carbons (Fsp3) is 0.636. The van der Waals surface area contributed by atoms with Gasteiger partial charge in [-0.3, -0.25) is 0 Å². The minimum absolute atomic E-state index is 0.586. The van der Waals surface area contributed by atoms with Crippen LogP contribution in [0.4, 0.5) is 0 Å².